The van der Waals surface area contributed by atoms with Crippen molar-refractivity contribution < 1.29 is 4.79 Å². The Hall–Kier alpha value is 0.00870. The molecular formula is C17H33NOSn. The van der Waals surface area contributed by atoms with Crippen LogP contribution in [0, 0.1) is 0 Å². The summed E-state index contributed by atoms with van der Waals surface area (Å²) in [6, 6.07) is 0. The van der Waals surface area contributed by atoms with E-state index >= 15 is 0 Å². The van der Waals surface area contributed by atoms with Crippen molar-refractivity contribution in [1.82, 2.24) is 5.32 Å². The van der Waals surface area contributed by atoms with Crippen LogP contribution in [0.15, 0.2) is 9.67 Å². The average molecular weight is 386 g/mol. The van der Waals surface area contributed by atoms with Crippen LogP contribution in [0.1, 0.15) is 65.7 Å². The molecule has 0 saturated carbocycles. The van der Waals surface area contributed by atoms with E-state index in [4.69, 9.17) is 0 Å². The zero-order chi connectivity index (χ0) is 14.8. The van der Waals surface area contributed by atoms with E-state index in [0.29, 0.717) is 0 Å². The molecule has 1 aliphatic rings. The SMILES string of the molecule is CCC[CH2][Sn](/[CH]=C1/CCNC1=O)([CH2]CCC)[CH2]CCC. The summed E-state index contributed by atoms with van der Waals surface area (Å²) in [6.07, 6.45) is 8.98. The Bertz CT molecular complexity index is 303. The predicted molar refractivity (Wildman–Crippen MR) is 90.6 cm³/mol. The fourth-order valence-corrected chi connectivity index (χ4v) is 18.6. The van der Waals surface area contributed by atoms with Gasteiger partial charge in [-0.05, 0) is 0 Å². The van der Waals surface area contributed by atoms with Crippen LogP contribution < -0.4 is 5.32 Å². The predicted octanol–water partition coefficient (Wildman–Crippen LogP) is 4.82. The van der Waals surface area contributed by atoms with Gasteiger partial charge in [-0.25, -0.2) is 0 Å². The number of amides is 1. The fraction of sp³-hybridized carbons (Fsp3) is 0.824. The van der Waals surface area contributed by atoms with Gasteiger partial charge in [0.25, 0.3) is 0 Å². The Morgan fingerprint density at radius 1 is 1.00 bits per heavy atom. The number of hydrogen-bond acceptors (Lipinski definition) is 1. The zero-order valence-corrected chi connectivity index (χ0v) is 16.6. The minimum atomic E-state index is -2.24. The topological polar surface area (TPSA) is 29.1 Å². The van der Waals surface area contributed by atoms with Gasteiger partial charge in [-0.1, -0.05) is 0 Å². The van der Waals surface area contributed by atoms with Gasteiger partial charge in [-0.15, -0.1) is 0 Å². The monoisotopic (exact) mass is 387 g/mol. The first-order valence-corrected chi connectivity index (χ1v) is 16.4. The van der Waals surface area contributed by atoms with Crippen molar-refractivity contribution in [3.8, 4) is 0 Å². The molecule has 3 heteroatoms. The van der Waals surface area contributed by atoms with Crippen LogP contribution in [0.25, 0.3) is 0 Å². The number of carbonyl (C=O) groups is 1. The molecule has 1 rings (SSSR count). The first-order valence-electron chi connectivity index (χ1n) is 8.67. The molecule has 0 atom stereocenters. The second kappa shape index (κ2) is 9.86. The van der Waals surface area contributed by atoms with E-state index in [-0.39, 0.29) is 5.91 Å². The molecule has 0 aromatic carbocycles. The van der Waals surface area contributed by atoms with E-state index in [0.717, 1.165) is 18.5 Å². The van der Waals surface area contributed by atoms with Crippen LogP contribution in [0.2, 0.25) is 13.3 Å². The minimum absolute atomic E-state index is 0.232. The van der Waals surface area contributed by atoms with E-state index in [9.17, 15) is 4.79 Å². The molecule has 0 radical (unpaired) electrons. The Morgan fingerprint density at radius 2 is 1.50 bits per heavy atom. The van der Waals surface area contributed by atoms with Gasteiger partial charge in [0, 0.05) is 0 Å². The Balaban J connectivity index is 2.89. The van der Waals surface area contributed by atoms with E-state index in [2.05, 4.69) is 30.2 Å². The Labute approximate surface area is 129 Å². The maximum absolute atomic E-state index is 11.9. The van der Waals surface area contributed by atoms with Crippen molar-refractivity contribution in [2.75, 3.05) is 6.54 Å². The molecular weight excluding hydrogens is 353 g/mol. The van der Waals surface area contributed by atoms with Crippen molar-refractivity contribution in [3.05, 3.63) is 9.67 Å². The van der Waals surface area contributed by atoms with Crippen LogP contribution in [0.4, 0.5) is 0 Å². The third-order valence-electron chi connectivity index (χ3n) is 4.54. The normalized spacial score (nSPS) is 17.8. The van der Waals surface area contributed by atoms with Gasteiger partial charge >= 0.3 is 130 Å². The second-order valence-corrected chi connectivity index (χ2v) is 19.2. The summed E-state index contributed by atoms with van der Waals surface area (Å²) in [5, 5.41) is 2.99. The number of unbranched alkanes of at least 4 members (excludes halogenated alkanes) is 3. The molecule has 116 valence electrons. The van der Waals surface area contributed by atoms with Gasteiger partial charge < -0.3 is 0 Å². The van der Waals surface area contributed by atoms with Gasteiger partial charge in [-0.2, -0.15) is 0 Å². The van der Waals surface area contributed by atoms with Gasteiger partial charge in [0.05, 0.1) is 0 Å². The number of rotatable bonds is 10. The van der Waals surface area contributed by atoms with Crippen LogP contribution in [-0.2, 0) is 4.79 Å². The maximum atomic E-state index is 11.9. The quantitative estimate of drug-likeness (QED) is 0.423. The van der Waals surface area contributed by atoms with Crippen molar-refractivity contribution in [1.29, 1.82) is 0 Å². The summed E-state index contributed by atoms with van der Waals surface area (Å²) in [5.74, 6) is 0.232. The summed E-state index contributed by atoms with van der Waals surface area (Å²) in [5.41, 5.74) is 1.14. The summed E-state index contributed by atoms with van der Waals surface area (Å²) in [7, 11) is 0. The molecule has 20 heavy (non-hydrogen) atoms. The molecule has 1 heterocycles. The second-order valence-electron chi connectivity index (χ2n) is 6.35. The molecule has 0 aliphatic carbocycles. The Morgan fingerprint density at radius 3 is 1.85 bits per heavy atom. The molecule has 1 amide bonds. The number of carbonyl (C=O) groups excluding carboxylic acids is 1. The third-order valence-corrected chi connectivity index (χ3v) is 18.8. The molecule has 0 bridgehead atoms. The van der Waals surface area contributed by atoms with Crippen molar-refractivity contribution in [2.45, 2.75) is 79.0 Å². The Kier molecular flexibility index (Phi) is 8.90. The first kappa shape index (κ1) is 18.1. The van der Waals surface area contributed by atoms with E-state index < -0.39 is 18.4 Å². The zero-order valence-electron chi connectivity index (χ0n) is 13.8. The van der Waals surface area contributed by atoms with Gasteiger partial charge in [0.2, 0.25) is 0 Å². The number of nitrogens with one attached hydrogen (secondary N) is 1. The molecule has 0 unspecified atom stereocenters. The third kappa shape index (κ3) is 5.79. The van der Waals surface area contributed by atoms with Crippen LogP contribution in [-0.4, -0.2) is 30.8 Å². The van der Waals surface area contributed by atoms with Crippen molar-refractivity contribution >= 4 is 24.3 Å². The molecule has 0 spiro atoms. The molecule has 1 N–H and O–H groups in total. The molecule has 2 nitrogen and oxygen atoms in total. The number of hydrogen-bond donors (Lipinski definition) is 1. The molecule has 1 aliphatic heterocycles. The standard InChI is InChI=1S/C5H6NO.3C4H9.Sn/c1-4-2-3-6-5(4)7;3*1-3-4-2;/h1H,2-3H2,(H,6,7);3*1,3-4H2,2H3;. The summed E-state index contributed by atoms with van der Waals surface area (Å²) < 4.78 is 6.96. The summed E-state index contributed by atoms with van der Waals surface area (Å²) in [6.45, 7) is 7.75. The van der Waals surface area contributed by atoms with Crippen LogP contribution in [0.3, 0.4) is 0 Å². The van der Waals surface area contributed by atoms with E-state index in [1.807, 2.05) is 0 Å². The average Bonchev–Trinajstić information content (AvgIpc) is 2.85. The fourth-order valence-electron chi connectivity index (χ4n) is 3.22. The van der Waals surface area contributed by atoms with Gasteiger partial charge in [-0.3, -0.25) is 0 Å². The summed E-state index contributed by atoms with van der Waals surface area (Å²) >= 11 is -2.24. The molecule has 0 aromatic heterocycles. The van der Waals surface area contributed by atoms with Gasteiger partial charge in [0.1, 0.15) is 0 Å². The van der Waals surface area contributed by atoms with Crippen molar-refractivity contribution in [2.24, 2.45) is 0 Å². The van der Waals surface area contributed by atoms with Gasteiger partial charge in [0.15, 0.2) is 0 Å². The summed E-state index contributed by atoms with van der Waals surface area (Å²) in [4.78, 5) is 11.9. The molecule has 0 aromatic rings. The first-order chi connectivity index (χ1) is 9.67. The van der Waals surface area contributed by atoms with E-state index in [1.165, 1.54) is 51.8 Å². The van der Waals surface area contributed by atoms with Crippen LogP contribution in [0.5, 0.6) is 0 Å². The van der Waals surface area contributed by atoms with Crippen molar-refractivity contribution in [3.63, 3.8) is 0 Å². The molecule has 1 saturated heterocycles. The molecule has 1 fully saturated rings. The van der Waals surface area contributed by atoms with E-state index in [1.54, 1.807) is 0 Å². The van der Waals surface area contributed by atoms with Crippen LogP contribution >= 0.6 is 0 Å².